The Bertz CT molecular complexity index is 768. The summed E-state index contributed by atoms with van der Waals surface area (Å²) >= 11 is 3.16. The Hall–Kier alpha value is -1.70. The Morgan fingerprint density at radius 2 is 2.20 bits per heavy atom. The lowest BCUT2D eigenvalue weighted by Gasteiger charge is -2.22. The van der Waals surface area contributed by atoms with Gasteiger partial charge in [0.25, 0.3) is 0 Å². The standard InChI is InChI=1S/C18H22N2O3S2/c1-11-12(2)25-17(16(11)18(22)23-3)19-15(21)10-20-8-4-6-13(20)14-7-5-9-24-14/h5,7,9,13H,4,6,8,10H2,1-3H3,(H,19,21)/t13-/m0/s1. The molecule has 25 heavy (non-hydrogen) atoms. The average molecular weight is 379 g/mol. The molecule has 3 heterocycles. The zero-order valence-corrected chi connectivity index (χ0v) is 16.3. The van der Waals surface area contributed by atoms with Gasteiger partial charge in [0.1, 0.15) is 5.00 Å². The van der Waals surface area contributed by atoms with Gasteiger partial charge in [-0.3, -0.25) is 9.69 Å². The number of esters is 1. The average Bonchev–Trinajstić information content (AvgIpc) is 3.29. The third-order valence-corrected chi connectivity index (χ3v) is 6.71. The van der Waals surface area contributed by atoms with Crippen LogP contribution in [-0.4, -0.2) is 37.0 Å². The predicted octanol–water partition coefficient (Wildman–Crippen LogP) is 3.99. The highest BCUT2D eigenvalue weighted by atomic mass is 32.1. The van der Waals surface area contributed by atoms with E-state index >= 15 is 0 Å². The van der Waals surface area contributed by atoms with Crippen LogP contribution in [-0.2, 0) is 9.53 Å². The van der Waals surface area contributed by atoms with E-state index in [2.05, 4.69) is 27.7 Å². The third-order valence-electron chi connectivity index (χ3n) is 4.61. The molecule has 7 heteroatoms. The van der Waals surface area contributed by atoms with Crippen molar-refractivity contribution in [3.8, 4) is 0 Å². The van der Waals surface area contributed by atoms with Crippen molar-refractivity contribution < 1.29 is 14.3 Å². The van der Waals surface area contributed by atoms with Crippen LogP contribution in [0.2, 0.25) is 0 Å². The molecule has 1 amide bonds. The molecule has 1 N–H and O–H groups in total. The second-order valence-corrected chi connectivity index (χ2v) is 8.38. The molecule has 1 fully saturated rings. The fourth-order valence-corrected chi connectivity index (χ4v) is 5.19. The van der Waals surface area contributed by atoms with E-state index in [1.54, 1.807) is 11.3 Å². The van der Waals surface area contributed by atoms with Gasteiger partial charge in [-0.15, -0.1) is 22.7 Å². The van der Waals surface area contributed by atoms with Gasteiger partial charge < -0.3 is 10.1 Å². The van der Waals surface area contributed by atoms with Crippen molar-refractivity contribution >= 4 is 39.6 Å². The van der Waals surface area contributed by atoms with Crippen LogP contribution >= 0.6 is 22.7 Å². The number of carbonyl (C=O) groups excluding carboxylic acids is 2. The smallest absolute Gasteiger partial charge is 0.341 e. The lowest BCUT2D eigenvalue weighted by molar-refractivity contribution is -0.117. The van der Waals surface area contributed by atoms with Crippen LogP contribution in [0.5, 0.6) is 0 Å². The SMILES string of the molecule is COC(=O)c1c(NC(=O)CN2CCC[C@H]2c2cccs2)sc(C)c1C. The van der Waals surface area contributed by atoms with Crippen LogP contribution in [0.3, 0.4) is 0 Å². The summed E-state index contributed by atoms with van der Waals surface area (Å²) in [5.41, 5.74) is 1.33. The second kappa shape index (κ2) is 7.68. The van der Waals surface area contributed by atoms with Crippen LogP contribution in [0, 0.1) is 13.8 Å². The summed E-state index contributed by atoms with van der Waals surface area (Å²) in [6.45, 7) is 5.07. The van der Waals surface area contributed by atoms with Crippen molar-refractivity contribution in [2.24, 2.45) is 0 Å². The molecule has 134 valence electrons. The Kier molecular flexibility index (Phi) is 5.56. The van der Waals surface area contributed by atoms with E-state index in [4.69, 9.17) is 4.74 Å². The molecule has 1 saturated heterocycles. The molecule has 0 aromatic carbocycles. The largest absolute Gasteiger partial charge is 0.465 e. The first-order chi connectivity index (χ1) is 12.0. The van der Waals surface area contributed by atoms with E-state index in [0.29, 0.717) is 23.2 Å². The maximum Gasteiger partial charge on any atom is 0.341 e. The number of thiophene rings is 2. The summed E-state index contributed by atoms with van der Waals surface area (Å²) in [6, 6.07) is 4.50. The Morgan fingerprint density at radius 3 is 2.88 bits per heavy atom. The number of hydrogen-bond acceptors (Lipinski definition) is 6. The van der Waals surface area contributed by atoms with Gasteiger partial charge in [0, 0.05) is 15.8 Å². The molecule has 0 bridgehead atoms. The topological polar surface area (TPSA) is 58.6 Å². The monoisotopic (exact) mass is 378 g/mol. The molecule has 0 unspecified atom stereocenters. The normalized spacial score (nSPS) is 17.6. The Morgan fingerprint density at radius 1 is 1.40 bits per heavy atom. The van der Waals surface area contributed by atoms with Gasteiger partial charge in [0.15, 0.2) is 0 Å². The number of nitrogens with one attached hydrogen (secondary N) is 1. The summed E-state index contributed by atoms with van der Waals surface area (Å²) < 4.78 is 4.86. The zero-order chi connectivity index (χ0) is 18.0. The minimum atomic E-state index is -0.408. The molecule has 1 aliphatic heterocycles. The zero-order valence-electron chi connectivity index (χ0n) is 14.6. The number of carbonyl (C=O) groups is 2. The maximum atomic E-state index is 12.6. The lowest BCUT2D eigenvalue weighted by atomic mass is 10.1. The van der Waals surface area contributed by atoms with Gasteiger partial charge in [-0.2, -0.15) is 0 Å². The highest BCUT2D eigenvalue weighted by Crippen LogP contribution is 2.35. The fourth-order valence-electron chi connectivity index (χ4n) is 3.23. The van der Waals surface area contributed by atoms with E-state index in [1.165, 1.54) is 23.3 Å². The minimum Gasteiger partial charge on any atom is -0.465 e. The molecule has 0 aliphatic carbocycles. The van der Waals surface area contributed by atoms with Gasteiger partial charge in [-0.05, 0) is 50.2 Å². The van der Waals surface area contributed by atoms with Crippen molar-refractivity contribution in [1.82, 2.24) is 4.90 Å². The molecule has 2 aromatic rings. The molecule has 1 atom stereocenters. The van der Waals surface area contributed by atoms with E-state index in [1.807, 2.05) is 13.8 Å². The number of ether oxygens (including phenoxy) is 1. The third kappa shape index (κ3) is 3.78. The van der Waals surface area contributed by atoms with Crippen LogP contribution in [0.1, 0.15) is 44.6 Å². The number of amides is 1. The summed E-state index contributed by atoms with van der Waals surface area (Å²) in [5.74, 6) is -0.496. The molecule has 0 saturated carbocycles. The van der Waals surface area contributed by atoms with E-state index < -0.39 is 5.97 Å². The van der Waals surface area contributed by atoms with Crippen LogP contribution < -0.4 is 5.32 Å². The molecule has 3 rings (SSSR count). The number of aryl methyl sites for hydroxylation is 1. The number of hydrogen-bond donors (Lipinski definition) is 1. The predicted molar refractivity (Wildman–Crippen MR) is 102 cm³/mol. The molecular weight excluding hydrogens is 356 g/mol. The van der Waals surface area contributed by atoms with Gasteiger partial charge >= 0.3 is 5.97 Å². The molecule has 0 spiro atoms. The Balaban J connectivity index is 1.71. The molecule has 5 nitrogen and oxygen atoms in total. The van der Waals surface area contributed by atoms with Crippen LogP contribution in [0.4, 0.5) is 5.00 Å². The Labute approximate surface area is 155 Å². The van der Waals surface area contributed by atoms with Gasteiger partial charge in [-0.25, -0.2) is 4.79 Å². The van der Waals surface area contributed by atoms with Gasteiger partial charge in [0.2, 0.25) is 5.91 Å². The minimum absolute atomic E-state index is 0.0881. The van der Waals surface area contributed by atoms with E-state index in [-0.39, 0.29) is 5.91 Å². The first-order valence-electron chi connectivity index (χ1n) is 8.27. The second-order valence-electron chi connectivity index (χ2n) is 6.17. The molecule has 0 radical (unpaired) electrons. The van der Waals surface area contributed by atoms with Crippen molar-refractivity contribution in [2.75, 3.05) is 25.5 Å². The summed E-state index contributed by atoms with van der Waals surface area (Å²) in [6.07, 6.45) is 2.18. The first-order valence-corrected chi connectivity index (χ1v) is 9.96. The van der Waals surface area contributed by atoms with Gasteiger partial charge in [-0.1, -0.05) is 6.07 Å². The number of anilines is 1. The van der Waals surface area contributed by atoms with Crippen molar-refractivity contribution in [3.05, 3.63) is 38.4 Å². The number of nitrogens with zero attached hydrogens (tertiary/aromatic N) is 1. The van der Waals surface area contributed by atoms with E-state index in [0.717, 1.165) is 29.8 Å². The van der Waals surface area contributed by atoms with Gasteiger partial charge in [0.05, 0.1) is 19.2 Å². The molecule has 1 aliphatic rings. The first kappa shape index (κ1) is 18.1. The molecular formula is C18H22N2O3S2. The van der Waals surface area contributed by atoms with Crippen molar-refractivity contribution in [2.45, 2.75) is 32.7 Å². The lowest BCUT2D eigenvalue weighted by Crippen LogP contribution is -2.32. The number of likely N-dealkylation sites (tertiary alicyclic amines) is 1. The highest BCUT2D eigenvalue weighted by molar-refractivity contribution is 7.16. The van der Waals surface area contributed by atoms with Crippen LogP contribution in [0.25, 0.3) is 0 Å². The summed E-state index contributed by atoms with van der Waals surface area (Å²) in [7, 11) is 1.36. The van der Waals surface area contributed by atoms with E-state index in [9.17, 15) is 9.59 Å². The number of rotatable bonds is 5. The van der Waals surface area contributed by atoms with Crippen molar-refractivity contribution in [1.29, 1.82) is 0 Å². The maximum absolute atomic E-state index is 12.6. The summed E-state index contributed by atoms with van der Waals surface area (Å²) in [5, 5.41) is 5.58. The fraction of sp³-hybridized carbons (Fsp3) is 0.444. The molecule has 2 aromatic heterocycles. The summed E-state index contributed by atoms with van der Waals surface area (Å²) in [4.78, 5) is 29.1. The number of methoxy groups -OCH3 is 1. The van der Waals surface area contributed by atoms with Crippen LogP contribution in [0.15, 0.2) is 17.5 Å². The highest BCUT2D eigenvalue weighted by Gasteiger charge is 2.29. The van der Waals surface area contributed by atoms with Crippen molar-refractivity contribution in [3.63, 3.8) is 0 Å². The quantitative estimate of drug-likeness (QED) is 0.799.